The van der Waals surface area contributed by atoms with Crippen molar-refractivity contribution in [3.8, 4) is 0 Å². The number of aryl methyl sites for hydroxylation is 1. The lowest BCUT2D eigenvalue weighted by atomic mass is 9.94. The summed E-state index contributed by atoms with van der Waals surface area (Å²) in [6, 6.07) is 9.33. The Kier molecular flexibility index (Phi) is 6.73. The number of aromatic nitrogens is 2. The Balaban J connectivity index is 1.56. The molecule has 1 aliphatic heterocycles. The van der Waals surface area contributed by atoms with Gasteiger partial charge >= 0.3 is 0 Å². The van der Waals surface area contributed by atoms with E-state index in [4.69, 9.17) is 11.6 Å². The highest BCUT2D eigenvalue weighted by Crippen LogP contribution is 2.23. The first-order valence-electron chi connectivity index (χ1n) is 9.78. The van der Waals surface area contributed by atoms with Crippen molar-refractivity contribution in [3.05, 3.63) is 52.8 Å². The van der Waals surface area contributed by atoms with Crippen LogP contribution in [0.25, 0.3) is 0 Å². The second-order valence-electron chi connectivity index (χ2n) is 7.36. The summed E-state index contributed by atoms with van der Waals surface area (Å²) in [6.45, 7) is 4.54. The van der Waals surface area contributed by atoms with E-state index in [1.165, 1.54) is 0 Å². The van der Waals surface area contributed by atoms with Crippen LogP contribution in [0.3, 0.4) is 0 Å². The van der Waals surface area contributed by atoms with Gasteiger partial charge in [-0.2, -0.15) is 5.10 Å². The van der Waals surface area contributed by atoms with Gasteiger partial charge in [-0.1, -0.05) is 29.8 Å². The molecule has 0 bridgehead atoms. The molecule has 2 amide bonds. The van der Waals surface area contributed by atoms with Crippen molar-refractivity contribution in [3.63, 3.8) is 0 Å². The third-order valence-corrected chi connectivity index (χ3v) is 5.61. The SMILES string of the molecule is CCn1ccc(C(=O)N2CCC[C@@H](CC(=O)N(C)Cc3ccccc3Cl)C2)n1. The average molecular weight is 403 g/mol. The summed E-state index contributed by atoms with van der Waals surface area (Å²) in [7, 11) is 1.80. The highest BCUT2D eigenvalue weighted by Gasteiger charge is 2.28. The third kappa shape index (κ3) is 4.93. The molecule has 0 radical (unpaired) electrons. The summed E-state index contributed by atoms with van der Waals surface area (Å²) in [5, 5.41) is 4.98. The van der Waals surface area contributed by atoms with Crippen LogP contribution in [0.1, 0.15) is 42.2 Å². The molecule has 1 aromatic heterocycles. The van der Waals surface area contributed by atoms with E-state index in [1.807, 2.05) is 42.3 Å². The molecule has 1 fully saturated rings. The molecule has 0 unspecified atom stereocenters. The Hall–Kier alpha value is -2.34. The van der Waals surface area contributed by atoms with Gasteiger partial charge in [0.05, 0.1) is 0 Å². The zero-order valence-corrected chi connectivity index (χ0v) is 17.2. The smallest absolute Gasteiger partial charge is 0.274 e. The molecule has 0 N–H and O–H groups in total. The molecule has 1 saturated heterocycles. The number of hydrogen-bond donors (Lipinski definition) is 0. The van der Waals surface area contributed by atoms with Crippen LogP contribution in [0.15, 0.2) is 36.5 Å². The molecule has 1 atom stereocenters. The molecular formula is C21H27ClN4O2. The van der Waals surface area contributed by atoms with Crippen molar-refractivity contribution >= 4 is 23.4 Å². The molecule has 6 nitrogen and oxygen atoms in total. The van der Waals surface area contributed by atoms with Crippen molar-refractivity contribution in [1.82, 2.24) is 19.6 Å². The Morgan fingerprint density at radius 2 is 2.07 bits per heavy atom. The van der Waals surface area contributed by atoms with E-state index in [1.54, 1.807) is 22.7 Å². The topological polar surface area (TPSA) is 58.4 Å². The lowest BCUT2D eigenvalue weighted by Crippen LogP contribution is -2.41. The van der Waals surface area contributed by atoms with E-state index >= 15 is 0 Å². The molecule has 0 spiro atoms. The van der Waals surface area contributed by atoms with Gasteiger partial charge in [0, 0.05) is 50.9 Å². The number of carbonyl (C=O) groups excluding carboxylic acids is 2. The van der Waals surface area contributed by atoms with Crippen LogP contribution in [0.4, 0.5) is 0 Å². The largest absolute Gasteiger partial charge is 0.341 e. The first-order valence-corrected chi connectivity index (χ1v) is 10.2. The Bertz CT molecular complexity index is 835. The van der Waals surface area contributed by atoms with Gasteiger partial charge in [0.2, 0.25) is 5.91 Å². The van der Waals surface area contributed by atoms with E-state index in [0.29, 0.717) is 30.2 Å². The molecule has 0 aliphatic carbocycles. The average Bonchev–Trinajstić information content (AvgIpc) is 3.18. The molecule has 7 heteroatoms. The normalized spacial score (nSPS) is 16.8. The highest BCUT2D eigenvalue weighted by molar-refractivity contribution is 6.31. The molecule has 2 heterocycles. The van der Waals surface area contributed by atoms with Crippen molar-refractivity contribution in [2.45, 2.75) is 39.3 Å². The van der Waals surface area contributed by atoms with Crippen LogP contribution in [-0.2, 0) is 17.9 Å². The fraction of sp³-hybridized carbons (Fsp3) is 0.476. The maximum absolute atomic E-state index is 12.7. The van der Waals surface area contributed by atoms with Crippen LogP contribution in [0.2, 0.25) is 5.02 Å². The first kappa shape index (κ1) is 20.4. The van der Waals surface area contributed by atoms with Gasteiger partial charge in [-0.15, -0.1) is 0 Å². The number of rotatable bonds is 6. The summed E-state index contributed by atoms with van der Waals surface area (Å²) < 4.78 is 1.75. The highest BCUT2D eigenvalue weighted by atomic mass is 35.5. The van der Waals surface area contributed by atoms with E-state index in [-0.39, 0.29) is 17.7 Å². The standard InChI is InChI=1S/C21H27ClN4O2/c1-3-26-12-10-19(23-26)21(28)25-11-6-7-16(14-25)13-20(27)24(2)15-17-8-4-5-9-18(17)22/h4-5,8-10,12,16H,3,6-7,11,13-15H2,1-2H3/t16-/m0/s1. The molecule has 0 saturated carbocycles. The third-order valence-electron chi connectivity index (χ3n) is 5.24. The van der Waals surface area contributed by atoms with Crippen molar-refractivity contribution in [2.24, 2.45) is 5.92 Å². The maximum atomic E-state index is 12.7. The number of carbonyl (C=O) groups is 2. The number of nitrogens with zero attached hydrogens (tertiary/aromatic N) is 4. The fourth-order valence-corrected chi connectivity index (χ4v) is 3.80. The minimum absolute atomic E-state index is 0.0474. The Labute approximate surface area is 171 Å². The van der Waals surface area contributed by atoms with Gasteiger partial charge in [-0.05, 0) is 43.4 Å². The summed E-state index contributed by atoms with van der Waals surface area (Å²) >= 11 is 6.20. The predicted octanol–water partition coefficient (Wildman–Crippen LogP) is 3.46. The van der Waals surface area contributed by atoms with E-state index in [0.717, 1.165) is 31.5 Å². The Morgan fingerprint density at radius 3 is 2.79 bits per heavy atom. The van der Waals surface area contributed by atoms with Crippen molar-refractivity contribution in [2.75, 3.05) is 20.1 Å². The van der Waals surface area contributed by atoms with Gasteiger partial charge < -0.3 is 9.80 Å². The zero-order chi connectivity index (χ0) is 20.1. The van der Waals surface area contributed by atoms with Gasteiger partial charge in [0.1, 0.15) is 5.69 Å². The fourth-order valence-electron chi connectivity index (χ4n) is 3.60. The number of hydrogen-bond acceptors (Lipinski definition) is 3. The first-order chi connectivity index (χ1) is 13.5. The summed E-state index contributed by atoms with van der Waals surface area (Å²) in [6.07, 6.45) is 4.13. The van der Waals surface area contributed by atoms with Crippen LogP contribution >= 0.6 is 11.6 Å². The number of amides is 2. The lowest BCUT2D eigenvalue weighted by Gasteiger charge is -2.33. The van der Waals surface area contributed by atoms with Crippen LogP contribution < -0.4 is 0 Å². The van der Waals surface area contributed by atoms with E-state index in [9.17, 15) is 9.59 Å². The van der Waals surface area contributed by atoms with E-state index < -0.39 is 0 Å². The van der Waals surface area contributed by atoms with Crippen LogP contribution in [0, 0.1) is 5.92 Å². The predicted molar refractivity (Wildman–Crippen MR) is 109 cm³/mol. The molecule has 1 aliphatic rings. The summed E-state index contributed by atoms with van der Waals surface area (Å²) in [5.74, 6) is 0.204. The van der Waals surface area contributed by atoms with Crippen LogP contribution in [0.5, 0.6) is 0 Å². The second kappa shape index (κ2) is 9.24. The lowest BCUT2D eigenvalue weighted by molar-refractivity contribution is -0.131. The van der Waals surface area contributed by atoms with Gasteiger partial charge in [0.25, 0.3) is 5.91 Å². The summed E-state index contributed by atoms with van der Waals surface area (Å²) in [5.41, 5.74) is 1.41. The van der Waals surface area contributed by atoms with Crippen molar-refractivity contribution < 1.29 is 9.59 Å². The van der Waals surface area contributed by atoms with Crippen LogP contribution in [-0.4, -0.2) is 51.5 Å². The summed E-state index contributed by atoms with van der Waals surface area (Å²) in [4.78, 5) is 28.9. The molecule has 150 valence electrons. The monoisotopic (exact) mass is 402 g/mol. The molecule has 3 rings (SSSR count). The van der Waals surface area contributed by atoms with Gasteiger partial charge in [0.15, 0.2) is 0 Å². The minimum Gasteiger partial charge on any atom is -0.341 e. The van der Waals surface area contributed by atoms with Gasteiger partial charge in [-0.3, -0.25) is 14.3 Å². The van der Waals surface area contributed by atoms with E-state index in [2.05, 4.69) is 5.10 Å². The van der Waals surface area contributed by atoms with Gasteiger partial charge in [-0.25, -0.2) is 0 Å². The Morgan fingerprint density at radius 1 is 1.29 bits per heavy atom. The minimum atomic E-state index is -0.0474. The second-order valence-corrected chi connectivity index (χ2v) is 7.77. The number of likely N-dealkylation sites (tertiary alicyclic amines) is 1. The molecule has 2 aromatic rings. The number of halogens is 1. The molecule has 1 aromatic carbocycles. The van der Waals surface area contributed by atoms with Crippen molar-refractivity contribution in [1.29, 1.82) is 0 Å². The quantitative estimate of drug-likeness (QED) is 0.743. The number of piperidine rings is 1. The molecule has 28 heavy (non-hydrogen) atoms. The maximum Gasteiger partial charge on any atom is 0.274 e. The molecular weight excluding hydrogens is 376 g/mol. The zero-order valence-electron chi connectivity index (χ0n) is 16.5. The number of benzene rings is 1.